The lowest BCUT2D eigenvalue weighted by molar-refractivity contribution is -0.132. The third kappa shape index (κ3) is 5.06. The fraction of sp³-hybridized carbons (Fsp3) is 0.357. The molecule has 0 bridgehead atoms. The average molecular weight is 557 g/mol. The molecule has 0 spiro atoms. The van der Waals surface area contributed by atoms with E-state index < -0.39 is 29.5 Å². The van der Waals surface area contributed by atoms with E-state index in [2.05, 4.69) is 15.3 Å². The molecule has 3 aromatic rings. The fourth-order valence-electron chi connectivity index (χ4n) is 5.43. The highest BCUT2D eigenvalue weighted by atomic mass is 35.5. The predicted octanol–water partition coefficient (Wildman–Crippen LogP) is 4.65. The third-order valence-electron chi connectivity index (χ3n) is 7.46. The molecule has 1 unspecified atom stereocenters. The zero-order valence-electron chi connectivity index (χ0n) is 21.1. The Labute approximate surface area is 229 Å². The number of anilines is 1. The van der Waals surface area contributed by atoms with Gasteiger partial charge in [-0.25, -0.2) is 13.8 Å². The summed E-state index contributed by atoms with van der Waals surface area (Å²) in [6.07, 6.45) is 2.28. The number of halogens is 3. The Morgan fingerprint density at radius 1 is 1.18 bits per heavy atom. The van der Waals surface area contributed by atoms with Gasteiger partial charge in [-0.2, -0.15) is 0 Å². The Balaban J connectivity index is 1.26. The SMILES string of the molecule is COc1ccc(C2(O)C(=O)N(C[C@H]3CC[C@H](NC(=O)c4cc(Cl)cnc4C(F)F)CC3)c3ccccc32)cn1. The number of hydrogen-bond acceptors (Lipinski definition) is 6. The van der Waals surface area contributed by atoms with Crippen LogP contribution in [0.5, 0.6) is 5.88 Å². The second kappa shape index (κ2) is 10.9. The van der Waals surface area contributed by atoms with Crippen molar-refractivity contribution in [3.63, 3.8) is 0 Å². The van der Waals surface area contributed by atoms with E-state index >= 15 is 0 Å². The first-order chi connectivity index (χ1) is 18.7. The van der Waals surface area contributed by atoms with Crippen molar-refractivity contribution in [2.24, 2.45) is 5.92 Å². The molecule has 204 valence electrons. The monoisotopic (exact) mass is 556 g/mol. The van der Waals surface area contributed by atoms with E-state index in [4.69, 9.17) is 16.3 Å². The molecule has 2 N–H and O–H groups in total. The molecule has 0 saturated heterocycles. The lowest BCUT2D eigenvalue weighted by atomic mass is 9.85. The number of carbonyl (C=O) groups excluding carboxylic acids is 2. The van der Waals surface area contributed by atoms with Crippen molar-refractivity contribution in [2.45, 2.75) is 43.8 Å². The van der Waals surface area contributed by atoms with Crippen LogP contribution in [0.3, 0.4) is 0 Å². The topological polar surface area (TPSA) is 105 Å². The van der Waals surface area contributed by atoms with Crippen LogP contribution in [0.15, 0.2) is 54.9 Å². The van der Waals surface area contributed by atoms with E-state index in [1.54, 1.807) is 29.2 Å². The van der Waals surface area contributed by atoms with E-state index in [0.29, 0.717) is 54.9 Å². The molecule has 1 aromatic carbocycles. The number of pyridine rings is 2. The maximum atomic E-state index is 13.7. The molecule has 39 heavy (non-hydrogen) atoms. The number of aromatic nitrogens is 2. The van der Waals surface area contributed by atoms with Crippen molar-refractivity contribution < 1.29 is 28.2 Å². The minimum Gasteiger partial charge on any atom is -0.481 e. The lowest BCUT2D eigenvalue weighted by Gasteiger charge is -2.32. The fourth-order valence-corrected chi connectivity index (χ4v) is 5.58. The Morgan fingerprint density at radius 2 is 1.92 bits per heavy atom. The number of nitrogens with one attached hydrogen (secondary N) is 1. The zero-order valence-corrected chi connectivity index (χ0v) is 21.9. The van der Waals surface area contributed by atoms with Gasteiger partial charge in [0.15, 0.2) is 5.60 Å². The van der Waals surface area contributed by atoms with E-state index in [1.165, 1.54) is 19.4 Å². The van der Waals surface area contributed by atoms with Gasteiger partial charge in [0, 0.05) is 42.2 Å². The summed E-state index contributed by atoms with van der Waals surface area (Å²) in [6.45, 7) is 0.399. The Kier molecular flexibility index (Phi) is 7.51. The highest BCUT2D eigenvalue weighted by Crippen LogP contribution is 2.45. The highest BCUT2D eigenvalue weighted by Gasteiger charge is 2.51. The number of fused-ring (bicyclic) bond motifs is 1. The van der Waals surface area contributed by atoms with Gasteiger partial charge in [0.1, 0.15) is 5.69 Å². The van der Waals surface area contributed by atoms with Gasteiger partial charge in [-0.3, -0.25) is 14.6 Å². The van der Waals surface area contributed by atoms with Crippen molar-refractivity contribution >= 4 is 29.1 Å². The van der Waals surface area contributed by atoms with Crippen LogP contribution < -0.4 is 15.0 Å². The van der Waals surface area contributed by atoms with E-state index in [1.807, 2.05) is 12.1 Å². The zero-order chi connectivity index (χ0) is 27.7. The summed E-state index contributed by atoms with van der Waals surface area (Å²) in [5.41, 5.74) is -1.21. The molecule has 1 atom stereocenters. The number of carbonyl (C=O) groups is 2. The van der Waals surface area contributed by atoms with Crippen molar-refractivity contribution in [3.8, 4) is 5.88 Å². The van der Waals surface area contributed by atoms with Crippen molar-refractivity contribution in [2.75, 3.05) is 18.6 Å². The number of methoxy groups -OCH3 is 1. The molecular weight excluding hydrogens is 530 g/mol. The van der Waals surface area contributed by atoms with Gasteiger partial charge in [0.25, 0.3) is 18.2 Å². The molecule has 2 aliphatic rings. The largest absolute Gasteiger partial charge is 0.481 e. The van der Waals surface area contributed by atoms with Gasteiger partial charge < -0.3 is 20.1 Å². The van der Waals surface area contributed by atoms with Crippen molar-refractivity contribution in [1.82, 2.24) is 15.3 Å². The van der Waals surface area contributed by atoms with Gasteiger partial charge in [-0.05, 0) is 49.8 Å². The summed E-state index contributed by atoms with van der Waals surface area (Å²) in [5, 5.41) is 14.6. The first kappa shape index (κ1) is 27.0. The second-order valence-corrected chi connectivity index (χ2v) is 10.2. The molecule has 0 radical (unpaired) electrons. The number of rotatable bonds is 7. The van der Waals surface area contributed by atoms with Crippen molar-refractivity contribution in [1.29, 1.82) is 0 Å². The molecule has 1 saturated carbocycles. The minimum atomic E-state index is -2.90. The Morgan fingerprint density at radius 3 is 2.59 bits per heavy atom. The van der Waals surface area contributed by atoms with Crippen LogP contribution >= 0.6 is 11.6 Å². The maximum Gasteiger partial charge on any atom is 0.281 e. The molecular formula is C28H27ClF2N4O4. The quantitative estimate of drug-likeness (QED) is 0.439. The van der Waals surface area contributed by atoms with Gasteiger partial charge in [-0.15, -0.1) is 0 Å². The molecule has 1 fully saturated rings. The molecule has 5 rings (SSSR count). The third-order valence-corrected chi connectivity index (χ3v) is 7.67. The summed E-state index contributed by atoms with van der Waals surface area (Å²) in [7, 11) is 1.49. The number of aliphatic hydroxyl groups is 1. The Hall–Kier alpha value is -3.63. The van der Waals surface area contributed by atoms with Crippen LogP contribution in [-0.2, 0) is 10.4 Å². The predicted molar refractivity (Wildman–Crippen MR) is 140 cm³/mol. The number of ether oxygens (including phenoxy) is 1. The van der Waals surface area contributed by atoms with Crippen LogP contribution in [0.4, 0.5) is 14.5 Å². The molecule has 11 heteroatoms. The summed E-state index contributed by atoms with van der Waals surface area (Å²) in [5.74, 6) is -0.584. The van der Waals surface area contributed by atoms with Gasteiger partial charge in [0.05, 0.1) is 23.4 Å². The van der Waals surface area contributed by atoms with Crippen LogP contribution in [-0.4, -0.2) is 46.6 Å². The van der Waals surface area contributed by atoms with Crippen LogP contribution in [0, 0.1) is 5.92 Å². The molecule has 2 aromatic heterocycles. The number of para-hydroxylation sites is 1. The normalized spacial score (nSPS) is 22.6. The Bertz CT molecular complexity index is 1380. The number of amides is 2. The van der Waals surface area contributed by atoms with Crippen LogP contribution in [0.1, 0.15) is 59.3 Å². The molecule has 3 heterocycles. The second-order valence-electron chi connectivity index (χ2n) is 9.81. The van der Waals surface area contributed by atoms with Crippen molar-refractivity contribution in [3.05, 3.63) is 82.3 Å². The van der Waals surface area contributed by atoms with Crippen LogP contribution in [0.25, 0.3) is 0 Å². The summed E-state index contributed by atoms with van der Waals surface area (Å²) in [4.78, 5) is 35.8. The summed E-state index contributed by atoms with van der Waals surface area (Å²) in [6, 6.07) is 11.4. The number of nitrogens with zero attached hydrogens (tertiary/aromatic N) is 3. The van der Waals surface area contributed by atoms with E-state index in [0.717, 1.165) is 6.20 Å². The summed E-state index contributed by atoms with van der Waals surface area (Å²) >= 11 is 5.88. The smallest absolute Gasteiger partial charge is 0.281 e. The number of alkyl halides is 2. The molecule has 1 aliphatic carbocycles. The molecule has 8 nitrogen and oxygen atoms in total. The van der Waals surface area contributed by atoms with Gasteiger partial charge in [-0.1, -0.05) is 29.8 Å². The lowest BCUT2D eigenvalue weighted by Crippen LogP contribution is -2.44. The number of benzene rings is 1. The summed E-state index contributed by atoms with van der Waals surface area (Å²) < 4.78 is 31.8. The molecule has 2 amide bonds. The standard InChI is InChI=1S/C28H27ClF2N4O4/c1-39-23-11-8-17(13-32-23)28(38)21-4-2-3-5-22(21)35(27(28)37)15-16-6-9-19(10-7-16)34-26(36)20-12-18(29)14-33-24(20)25(30)31/h2-5,8,11-14,16,19,25,38H,6-7,9-10,15H2,1H3,(H,34,36)/t16-,19-,28?. The number of hydrogen-bond donors (Lipinski definition) is 2. The minimum absolute atomic E-state index is 0.106. The first-order valence-electron chi connectivity index (χ1n) is 12.6. The maximum absolute atomic E-state index is 13.7. The van der Waals surface area contributed by atoms with Gasteiger partial charge in [0.2, 0.25) is 5.88 Å². The van der Waals surface area contributed by atoms with Crippen LogP contribution in [0.2, 0.25) is 5.02 Å². The highest BCUT2D eigenvalue weighted by molar-refractivity contribution is 6.30. The van der Waals surface area contributed by atoms with Gasteiger partial charge >= 0.3 is 0 Å². The average Bonchev–Trinajstić information content (AvgIpc) is 3.16. The molecule has 1 aliphatic heterocycles. The van der Waals surface area contributed by atoms with E-state index in [9.17, 15) is 23.5 Å². The van der Waals surface area contributed by atoms with E-state index in [-0.39, 0.29) is 22.5 Å². The first-order valence-corrected chi connectivity index (χ1v) is 13.0.